The van der Waals surface area contributed by atoms with Crippen LogP contribution in [-0.4, -0.2) is 24.9 Å². The molecule has 16 heavy (non-hydrogen) atoms. The first-order chi connectivity index (χ1) is 7.34. The smallest absolute Gasteiger partial charge is 0.239 e. The molecule has 88 valence electrons. The Morgan fingerprint density at radius 3 is 2.00 bits per heavy atom. The minimum Gasteiger partial charge on any atom is -0.368 e. The van der Waals surface area contributed by atoms with Crippen LogP contribution in [0.5, 0.6) is 0 Å². The number of benzene rings is 1. The number of nitrogens with two attached hydrogens (primary N) is 1. The zero-order valence-electron chi connectivity index (χ0n) is 8.80. The standard InChI is InChI=1S/C10H11F3N2O/c1-15(2)9(10(14)16)5-3-6(11)8(13)7(12)4-5/h3-4,9H,1-2H3,(H2,14,16). The van der Waals surface area contributed by atoms with Crippen molar-refractivity contribution in [3.05, 3.63) is 35.1 Å². The highest BCUT2D eigenvalue weighted by atomic mass is 19.2. The fourth-order valence-corrected chi connectivity index (χ4v) is 1.45. The van der Waals surface area contributed by atoms with E-state index in [-0.39, 0.29) is 5.56 Å². The first kappa shape index (κ1) is 12.5. The number of carbonyl (C=O) groups is 1. The van der Waals surface area contributed by atoms with E-state index in [0.29, 0.717) is 0 Å². The highest BCUT2D eigenvalue weighted by Gasteiger charge is 2.23. The number of likely N-dealkylation sites (N-methyl/N-ethyl adjacent to an activating group) is 1. The molecule has 0 aliphatic rings. The van der Waals surface area contributed by atoms with Crippen LogP contribution in [-0.2, 0) is 4.79 Å². The van der Waals surface area contributed by atoms with Crippen LogP contribution in [0.4, 0.5) is 13.2 Å². The molecular weight excluding hydrogens is 221 g/mol. The van der Waals surface area contributed by atoms with Crippen molar-refractivity contribution >= 4 is 5.91 Å². The summed E-state index contributed by atoms with van der Waals surface area (Å²) in [4.78, 5) is 12.5. The Labute approximate surface area is 90.6 Å². The highest BCUT2D eigenvalue weighted by molar-refractivity contribution is 5.81. The predicted molar refractivity (Wildman–Crippen MR) is 51.9 cm³/mol. The summed E-state index contributed by atoms with van der Waals surface area (Å²) in [6, 6.07) is 0.520. The number of carbonyl (C=O) groups excluding carboxylic acids is 1. The van der Waals surface area contributed by atoms with Crippen molar-refractivity contribution in [1.29, 1.82) is 0 Å². The lowest BCUT2D eigenvalue weighted by Crippen LogP contribution is -2.33. The molecule has 1 aromatic carbocycles. The van der Waals surface area contributed by atoms with Crippen LogP contribution in [0.25, 0.3) is 0 Å². The lowest BCUT2D eigenvalue weighted by Gasteiger charge is -2.21. The summed E-state index contributed by atoms with van der Waals surface area (Å²) < 4.78 is 38.6. The van der Waals surface area contributed by atoms with Crippen molar-refractivity contribution < 1.29 is 18.0 Å². The van der Waals surface area contributed by atoms with Crippen LogP contribution in [0.2, 0.25) is 0 Å². The number of hydrogen-bond donors (Lipinski definition) is 1. The molecule has 6 heteroatoms. The van der Waals surface area contributed by atoms with Crippen molar-refractivity contribution in [2.45, 2.75) is 6.04 Å². The van der Waals surface area contributed by atoms with Crippen molar-refractivity contribution in [3.63, 3.8) is 0 Å². The van der Waals surface area contributed by atoms with Crippen LogP contribution in [0.1, 0.15) is 11.6 Å². The van der Waals surface area contributed by atoms with Gasteiger partial charge in [0.2, 0.25) is 5.91 Å². The van der Waals surface area contributed by atoms with Gasteiger partial charge in [0.05, 0.1) is 0 Å². The van der Waals surface area contributed by atoms with Gasteiger partial charge in [-0.05, 0) is 31.8 Å². The van der Waals surface area contributed by atoms with Crippen LogP contribution in [0.15, 0.2) is 12.1 Å². The fraction of sp³-hybridized carbons (Fsp3) is 0.300. The lowest BCUT2D eigenvalue weighted by atomic mass is 10.0. The Morgan fingerprint density at radius 1 is 1.25 bits per heavy atom. The van der Waals surface area contributed by atoms with Gasteiger partial charge in [-0.3, -0.25) is 9.69 Å². The Morgan fingerprint density at radius 2 is 1.69 bits per heavy atom. The van der Waals surface area contributed by atoms with Gasteiger partial charge >= 0.3 is 0 Å². The van der Waals surface area contributed by atoms with Gasteiger partial charge in [-0.15, -0.1) is 0 Å². The van der Waals surface area contributed by atoms with E-state index in [0.717, 1.165) is 12.1 Å². The number of amides is 1. The third kappa shape index (κ3) is 2.33. The van der Waals surface area contributed by atoms with E-state index >= 15 is 0 Å². The minimum atomic E-state index is -1.56. The van der Waals surface area contributed by atoms with Crippen molar-refractivity contribution in [2.24, 2.45) is 5.73 Å². The molecule has 0 heterocycles. The molecular formula is C10H11F3N2O. The molecule has 0 aliphatic carbocycles. The first-order valence-electron chi connectivity index (χ1n) is 4.44. The molecule has 0 saturated heterocycles. The van der Waals surface area contributed by atoms with E-state index in [4.69, 9.17) is 5.73 Å². The fourth-order valence-electron chi connectivity index (χ4n) is 1.45. The molecule has 0 spiro atoms. The number of rotatable bonds is 3. The Hall–Kier alpha value is -1.56. The third-order valence-corrected chi connectivity index (χ3v) is 2.11. The van der Waals surface area contributed by atoms with Gasteiger partial charge < -0.3 is 5.73 Å². The topological polar surface area (TPSA) is 46.3 Å². The van der Waals surface area contributed by atoms with Gasteiger partial charge in [0, 0.05) is 0 Å². The second kappa shape index (κ2) is 4.52. The highest BCUT2D eigenvalue weighted by Crippen LogP contribution is 2.22. The molecule has 2 N–H and O–H groups in total. The van der Waals surface area contributed by atoms with Gasteiger partial charge in [-0.2, -0.15) is 0 Å². The van der Waals surface area contributed by atoms with Crippen molar-refractivity contribution in [3.8, 4) is 0 Å². The summed E-state index contributed by atoms with van der Waals surface area (Å²) in [5.41, 5.74) is 5.07. The summed E-state index contributed by atoms with van der Waals surface area (Å²) in [5.74, 6) is -5.02. The zero-order chi connectivity index (χ0) is 12.5. The van der Waals surface area contributed by atoms with Crippen LogP contribution >= 0.6 is 0 Å². The number of halogens is 3. The van der Waals surface area contributed by atoms with Gasteiger partial charge in [-0.25, -0.2) is 13.2 Å². The average molecular weight is 232 g/mol. The van der Waals surface area contributed by atoms with Gasteiger partial charge in [0.1, 0.15) is 6.04 Å². The molecule has 0 aromatic heterocycles. The van der Waals surface area contributed by atoms with E-state index < -0.39 is 29.4 Å². The van der Waals surface area contributed by atoms with Crippen molar-refractivity contribution in [2.75, 3.05) is 14.1 Å². The summed E-state index contributed by atoms with van der Waals surface area (Å²) in [6.07, 6.45) is 0. The number of nitrogens with zero attached hydrogens (tertiary/aromatic N) is 1. The molecule has 1 amide bonds. The largest absolute Gasteiger partial charge is 0.368 e. The van der Waals surface area contributed by atoms with E-state index in [9.17, 15) is 18.0 Å². The molecule has 1 atom stereocenters. The molecule has 0 saturated carbocycles. The number of hydrogen-bond acceptors (Lipinski definition) is 2. The summed E-state index contributed by atoms with van der Waals surface area (Å²) in [5, 5.41) is 0. The molecule has 1 unspecified atom stereocenters. The lowest BCUT2D eigenvalue weighted by molar-refractivity contribution is -0.122. The van der Waals surface area contributed by atoms with E-state index in [1.54, 1.807) is 0 Å². The SMILES string of the molecule is CN(C)C(C(N)=O)c1cc(F)c(F)c(F)c1. The van der Waals surface area contributed by atoms with E-state index in [1.165, 1.54) is 19.0 Å². The molecule has 3 nitrogen and oxygen atoms in total. The van der Waals surface area contributed by atoms with Gasteiger partial charge in [0.25, 0.3) is 0 Å². The molecule has 1 aromatic rings. The maximum absolute atomic E-state index is 12.9. The first-order valence-corrected chi connectivity index (χ1v) is 4.44. The zero-order valence-corrected chi connectivity index (χ0v) is 8.80. The van der Waals surface area contributed by atoms with E-state index in [2.05, 4.69) is 0 Å². The third-order valence-electron chi connectivity index (χ3n) is 2.11. The monoisotopic (exact) mass is 232 g/mol. The maximum Gasteiger partial charge on any atom is 0.239 e. The molecule has 1 rings (SSSR count). The van der Waals surface area contributed by atoms with Crippen molar-refractivity contribution in [1.82, 2.24) is 4.90 Å². The van der Waals surface area contributed by atoms with Gasteiger partial charge in [0.15, 0.2) is 17.5 Å². The predicted octanol–water partition coefficient (Wildman–Crippen LogP) is 1.19. The second-order valence-electron chi connectivity index (χ2n) is 3.57. The molecule has 0 radical (unpaired) electrons. The normalized spacial score (nSPS) is 12.9. The maximum atomic E-state index is 12.9. The molecule has 0 fully saturated rings. The Balaban J connectivity index is 3.26. The average Bonchev–Trinajstić information content (AvgIpc) is 2.12. The minimum absolute atomic E-state index is 0.0195. The van der Waals surface area contributed by atoms with E-state index in [1.807, 2.05) is 0 Å². The van der Waals surface area contributed by atoms with Crippen LogP contribution in [0, 0.1) is 17.5 Å². The Bertz CT molecular complexity index is 398. The number of primary amides is 1. The molecule has 0 aliphatic heterocycles. The van der Waals surface area contributed by atoms with Gasteiger partial charge in [-0.1, -0.05) is 0 Å². The van der Waals surface area contributed by atoms with Crippen LogP contribution in [0.3, 0.4) is 0 Å². The molecule has 0 bridgehead atoms. The van der Waals surface area contributed by atoms with Crippen LogP contribution < -0.4 is 5.73 Å². The quantitative estimate of drug-likeness (QED) is 0.796. The second-order valence-corrected chi connectivity index (χ2v) is 3.57. The Kier molecular flexibility index (Phi) is 3.54. The summed E-state index contributed by atoms with van der Waals surface area (Å²) in [7, 11) is 3.04. The summed E-state index contributed by atoms with van der Waals surface area (Å²) >= 11 is 0. The summed E-state index contributed by atoms with van der Waals surface area (Å²) in [6.45, 7) is 0.